The Bertz CT molecular complexity index is 507. The van der Waals surface area contributed by atoms with Gasteiger partial charge in [-0.25, -0.2) is 0 Å². The Morgan fingerprint density at radius 1 is 1.42 bits per heavy atom. The van der Waals surface area contributed by atoms with E-state index in [1.165, 1.54) is 0 Å². The van der Waals surface area contributed by atoms with Gasteiger partial charge in [0.1, 0.15) is 11.7 Å². The normalized spacial score (nSPS) is 19.1. The first-order chi connectivity index (χ1) is 8.91. The van der Waals surface area contributed by atoms with Gasteiger partial charge in [0.25, 0.3) is 5.91 Å². The molecule has 19 heavy (non-hydrogen) atoms. The Balaban J connectivity index is 2.31. The molecule has 1 aliphatic rings. The van der Waals surface area contributed by atoms with Gasteiger partial charge in [-0.3, -0.25) is 9.59 Å². The Labute approximate surface area is 112 Å². The van der Waals surface area contributed by atoms with Gasteiger partial charge in [0.15, 0.2) is 0 Å². The van der Waals surface area contributed by atoms with Crippen LogP contribution in [-0.4, -0.2) is 33.9 Å². The number of aromatic nitrogens is 1. The number of likely N-dealkylation sites (tertiary alicyclic amines) is 1. The molecule has 1 aromatic rings. The van der Waals surface area contributed by atoms with Crippen LogP contribution in [0.4, 0.5) is 5.69 Å². The molecule has 0 saturated carbocycles. The van der Waals surface area contributed by atoms with Crippen LogP contribution in [0.3, 0.4) is 0 Å². The maximum Gasteiger partial charge on any atom is 0.271 e. The molecule has 2 amide bonds. The van der Waals surface area contributed by atoms with E-state index in [1.807, 2.05) is 18.4 Å². The summed E-state index contributed by atoms with van der Waals surface area (Å²) in [7, 11) is 0. The smallest absolute Gasteiger partial charge is 0.271 e. The van der Waals surface area contributed by atoms with E-state index in [0.717, 1.165) is 6.42 Å². The van der Waals surface area contributed by atoms with Crippen molar-refractivity contribution in [1.29, 1.82) is 0 Å². The molecule has 4 N–H and O–H groups in total. The van der Waals surface area contributed by atoms with Crippen LogP contribution in [0.5, 0.6) is 0 Å². The Hall–Kier alpha value is -1.98. The summed E-state index contributed by atoms with van der Waals surface area (Å²) in [6.45, 7) is 4.52. The molecule has 6 nitrogen and oxygen atoms in total. The van der Waals surface area contributed by atoms with Crippen molar-refractivity contribution in [3.63, 3.8) is 0 Å². The Morgan fingerprint density at radius 2 is 2.11 bits per heavy atom. The van der Waals surface area contributed by atoms with Gasteiger partial charge in [-0.2, -0.15) is 0 Å². The van der Waals surface area contributed by atoms with Crippen LogP contribution in [0.25, 0.3) is 0 Å². The lowest BCUT2D eigenvalue weighted by molar-refractivity contribution is -0.121. The molecule has 1 atom stereocenters. The highest BCUT2D eigenvalue weighted by atomic mass is 16.2. The summed E-state index contributed by atoms with van der Waals surface area (Å²) in [6.07, 6.45) is 3.18. The van der Waals surface area contributed by atoms with Gasteiger partial charge in [0.05, 0.1) is 5.69 Å². The van der Waals surface area contributed by atoms with Crippen LogP contribution < -0.4 is 11.5 Å². The molecule has 1 saturated heterocycles. The highest BCUT2D eigenvalue weighted by Gasteiger charge is 2.34. The molecule has 0 aliphatic carbocycles. The number of nitrogens with zero attached hydrogens (tertiary/aromatic N) is 2. The molecular formula is C13H20N4O2. The number of primary amides is 1. The van der Waals surface area contributed by atoms with E-state index in [4.69, 9.17) is 11.5 Å². The number of carbonyl (C=O) groups is 2. The largest absolute Gasteiger partial charge is 0.397 e. The third-order valence-electron chi connectivity index (χ3n) is 3.49. The molecule has 2 rings (SSSR count). The number of carbonyl (C=O) groups excluding carboxylic acids is 2. The van der Waals surface area contributed by atoms with E-state index >= 15 is 0 Å². The second-order valence-electron chi connectivity index (χ2n) is 5.22. The lowest BCUT2D eigenvalue weighted by Crippen LogP contribution is -2.44. The quantitative estimate of drug-likeness (QED) is 0.843. The zero-order valence-corrected chi connectivity index (χ0v) is 11.3. The first kappa shape index (κ1) is 13.5. The van der Waals surface area contributed by atoms with Crippen LogP contribution in [0, 0.1) is 0 Å². The molecule has 1 unspecified atom stereocenters. The fourth-order valence-electron chi connectivity index (χ4n) is 2.55. The average Bonchev–Trinajstić information content (AvgIpc) is 2.93. The maximum atomic E-state index is 12.5. The van der Waals surface area contributed by atoms with Crippen LogP contribution in [0.1, 0.15) is 43.2 Å². The highest BCUT2D eigenvalue weighted by Crippen LogP contribution is 2.23. The van der Waals surface area contributed by atoms with E-state index < -0.39 is 11.9 Å². The van der Waals surface area contributed by atoms with Gasteiger partial charge in [0.2, 0.25) is 5.91 Å². The summed E-state index contributed by atoms with van der Waals surface area (Å²) in [6, 6.07) is 1.29. The van der Waals surface area contributed by atoms with Gasteiger partial charge >= 0.3 is 0 Å². The number of anilines is 1. The number of amides is 2. The number of hydrogen-bond acceptors (Lipinski definition) is 3. The molecule has 1 fully saturated rings. The van der Waals surface area contributed by atoms with E-state index in [1.54, 1.807) is 17.2 Å². The van der Waals surface area contributed by atoms with Crippen LogP contribution in [0.2, 0.25) is 0 Å². The minimum absolute atomic E-state index is 0.130. The lowest BCUT2D eigenvalue weighted by atomic mass is 10.2. The number of nitrogens with two attached hydrogens (primary N) is 2. The molecule has 0 spiro atoms. The summed E-state index contributed by atoms with van der Waals surface area (Å²) in [5, 5.41) is 0. The molecule has 0 radical (unpaired) electrons. The van der Waals surface area contributed by atoms with Gasteiger partial charge in [-0.1, -0.05) is 0 Å². The highest BCUT2D eigenvalue weighted by molar-refractivity contribution is 5.97. The van der Waals surface area contributed by atoms with Crippen molar-refractivity contribution in [3.8, 4) is 0 Å². The minimum atomic E-state index is -0.496. The Kier molecular flexibility index (Phi) is 3.50. The van der Waals surface area contributed by atoms with Crippen molar-refractivity contribution in [2.75, 3.05) is 12.3 Å². The molecule has 1 aromatic heterocycles. The second-order valence-corrected chi connectivity index (χ2v) is 5.22. The molecule has 104 valence electrons. The predicted molar refractivity (Wildman–Crippen MR) is 72.5 cm³/mol. The molecule has 2 heterocycles. The summed E-state index contributed by atoms with van der Waals surface area (Å²) >= 11 is 0. The zero-order chi connectivity index (χ0) is 14.2. The van der Waals surface area contributed by atoms with Crippen molar-refractivity contribution in [1.82, 2.24) is 9.47 Å². The van der Waals surface area contributed by atoms with Crippen molar-refractivity contribution in [2.45, 2.75) is 38.8 Å². The van der Waals surface area contributed by atoms with Crippen LogP contribution >= 0.6 is 0 Å². The lowest BCUT2D eigenvalue weighted by Gasteiger charge is -2.23. The fraction of sp³-hybridized carbons (Fsp3) is 0.538. The minimum Gasteiger partial charge on any atom is -0.397 e. The SMILES string of the molecule is CC(C)n1cc(N)cc1C(=O)N1CCCC1C(N)=O. The van der Waals surface area contributed by atoms with Gasteiger partial charge in [0, 0.05) is 18.8 Å². The summed E-state index contributed by atoms with van der Waals surface area (Å²) < 4.78 is 1.83. The topological polar surface area (TPSA) is 94.3 Å². The van der Waals surface area contributed by atoms with Gasteiger partial charge in [-0.05, 0) is 32.8 Å². The summed E-state index contributed by atoms with van der Waals surface area (Å²) in [5.74, 6) is -0.617. The third kappa shape index (κ3) is 2.43. The van der Waals surface area contributed by atoms with E-state index in [0.29, 0.717) is 24.3 Å². The summed E-state index contributed by atoms with van der Waals surface area (Å²) in [4.78, 5) is 25.5. The van der Waals surface area contributed by atoms with E-state index in [9.17, 15) is 9.59 Å². The predicted octanol–water partition coefficient (Wildman–Crippen LogP) is 0.741. The van der Waals surface area contributed by atoms with E-state index in [2.05, 4.69) is 0 Å². The monoisotopic (exact) mass is 264 g/mol. The Morgan fingerprint density at radius 3 is 2.68 bits per heavy atom. The maximum absolute atomic E-state index is 12.5. The average molecular weight is 264 g/mol. The number of hydrogen-bond donors (Lipinski definition) is 2. The van der Waals surface area contributed by atoms with Crippen molar-refractivity contribution in [2.24, 2.45) is 5.73 Å². The molecule has 0 aromatic carbocycles. The van der Waals surface area contributed by atoms with Gasteiger partial charge < -0.3 is 20.9 Å². The zero-order valence-electron chi connectivity index (χ0n) is 11.3. The molecule has 6 heteroatoms. The number of rotatable bonds is 3. The van der Waals surface area contributed by atoms with Crippen molar-refractivity contribution in [3.05, 3.63) is 18.0 Å². The fourth-order valence-corrected chi connectivity index (χ4v) is 2.55. The number of nitrogen functional groups attached to an aromatic ring is 1. The van der Waals surface area contributed by atoms with Crippen LogP contribution in [-0.2, 0) is 4.79 Å². The molecular weight excluding hydrogens is 244 g/mol. The second kappa shape index (κ2) is 4.95. The van der Waals surface area contributed by atoms with Crippen molar-refractivity contribution < 1.29 is 9.59 Å². The summed E-state index contributed by atoms with van der Waals surface area (Å²) in [5.41, 5.74) is 12.2. The van der Waals surface area contributed by atoms with Crippen molar-refractivity contribution >= 4 is 17.5 Å². The standard InChI is InChI=1S/C13H20N4O2/c1-8(2)17-7-9(14)6-11(17)13(19)16-5-3-4-10(16)12(15)18/h6-8,10H,3-5,14H2,1-2H3,(H2,15,18). The van der Waals surface area contributed by atoms with Gasteiger partial charge in [-0.15, -0.1) is 0 Å². The third-order valence-corrected chi connectivity index (χ3v) is 3.49. The first-order valence-electron chi connectivity index (χ1n) is 6.49. The molecule has 0 bridgehead atoms. The van der Waals surface area contributed by atoms with Crippen LogP contribution in [0.15, 0.2) is 12.3 Å². The first-order valence-corrected chi connectivity index (χ1v) is 6.49. The van der Waals surface area contributed by atoms with E-state index in [-0.39, 0.29) is 11.9 Å². The molecule has 1 aliphatic heterocycles.